The lowest BCUT2D eigenvalue weighted by molar-refractivity contribution is -0.153. The molecule has 1 amide bonds. The van der Waals surface area contributed by atoms with Gasteiger partial charge < -0.3 is 24.8 Å². The predicted molar refractivity (Wildman–Crippen MR) is 182 cm³/mol. The van der Waals surface area contributed by atoms with Crippen molar-refractivity contribution in [3.63, 3.8) is 0 Å². The minimum absolute atomic E-state index is 0.0234. The van der Waals surface area contributed by atoms with Crippen molar-refractivity contribution < 1.29 is 41.0 Å². The molecule has 10 nitrogen and oxygen atoms in total. The second-order valence-electron chi connectivity index (χ2n) is 13.8. The quantitative estimate of drug-likeness (QED) is 0.165. The van der Waals surface area contributed by atoms with Crippen LogP contribution in [-0.2, 0) is 4.74 Å². The van der Waals surface area contributed by atoms with Gasteiger partial charge in [-0.3, -0.25) is 9.88 Å². The van der Waals surface area contributed by atoms with Crippen molar-refractivity contribution in [2.24, 2.45) is 0 Å². The summed E-state index contributed by atoms with van der Waals surface area (Å²) in [5, 5.41) is 7.23. The number of nitrogens with one attached hydrogen (secondary N) is 2. The lowest BCUT2D eigenvalue weighted by Gasteiger charge is -2.34. The summed E-state index contributed by atoms with van der Waals surface area (Å²) in [7, 11) is 0. The van der Waals surface area contributed by atoms with Crippen molar-refractivity contribution >= 4 is 27.8 Å². The second kappa shape index (κ2) is 14.3. The molecule has 5 heterocycles. The van der Waals surface area contributed by atoms with Crippen molar-refractivity contribution in [1.29, 1.82) is 0 Å². The van der Waals surface area contributed by atoms with E-state index in [0.29, 0.717) is 41.4 Å². The second-order valence-corrected chi connectivity index (χ2v) is 13.8. The van der Waals surface area contributed by atoms with Gasteiger partial charge in [0.1, 0.15) is 24.0 Å². The molecule has 0 bridgehead atoms. The monoisotopic (exact) mass is 724 g/mol. The maximum atomic E-state index is 16.6. The van der Waals surface area contributed by atoms with Crippen molar-refractivity contribution in [2.75, 3.05) is 46.0 Å². The van der Waals surface area contributed by atoms with Crippen LogP contribution in [0.25, 0.3) is 32.9 Å². The average molecular weight is 725 g/mol. The number of aromatic nitrogens is 3. The molecule has 52 heavy (non-hydrogen) atoms. The number of carbonyl (C=O) groups excluding carboxylic acids is 1. The summed E-state index contributed by atoms with van der Waals surface area (Å²) in [6.45, 7) is 2.54. The van der Waals surface area contributed by atoms with Crippen molar-refractivity contribution in [3.8, 4) is 35.0 Å². The Bertz CT molecular complexity index is 2040. The summed E-state index contributed by atoms with van der Waals surface area (Å²) >= 11 is 0. The number of hydrogen-bond acceptors (Lipinski definition) is 9. The minimum Gasteiger partial charge on any atom is -0.467 e. The standard InChI is InChI=1S/C37H37F5N6O4/c1-35(12-5-14-43-20-35)47-34(49)50-16-4-10-24-8-2-7-23-9-3-11-26(28(23)24)30-29(39)31-27(18-44-30)32(51-22-37(40,41)42)46-33(45-31)52-21-36-13-6-15-48(36)19-25(38)17-36/h2-3,7-9,11,18,25,43H,5-6,12-17,19-22H2,1H3,(H,47,49)/t25-,35-,36+/m1/s1. The Morgan fingerprint density at radius 3 is 2.75 bits per heavy atom. The highest BCUT2D eigenvalue weighted by molar-refractivity contribution is 6.01. The van der Waals surface area contributed by atoms with Gasteiger partial charge in [-0.1, -0.05) is 42.2 Å². The number of pyridine rings is 1. The Labute approximate surface area is 296 Å². The van der Waals surface area contributed by atoms with Crippen molar-refractivity contribution in [1.82, 2.24) is 30.5 Å². The van der Waals surface area contributed by atoms with Gasteiger partial charge in [0.15, 0.2) is 19.0 Å². The van der Waals surface area contributed by atoms with Crippen LogP contribution in [0.5, 0.6) is 11.9 Å². The molecule has 2 aromatic heterocycles. The number of hydrogen-bond donors (Lipinski definition) is 2. The van der Waals surface area contributed by atoms with Gasteiger partial charge in [0.25, 0.3) is 0 Å². The fourth-order valence-electron chi connectivity index (χ4n) is 7.49. The van der Waals surface area contributed by atoms with Crippen LogP contribution in [0.1, 0.15) is 44.6 Å². The fourth-order valence-corrected chi connectivity index (χ4v) is 7.49. The van der Waals surface area contributed by atoms with Crippen LogP contribution < -0.4 is 20.1 Å². The van der Waals surface area contributed by atoms with Gasteiger partial charge in [0, 0.05) is 42.2 Å². The smallest absolute Gasteiger partial charge is 0.422 e. The Hall–Kier alpha value is -4.81. The molecule has 4 aromatic rings. The fraction of sp³-hybridized carbons (Fsp3) is 0.459. The molecule has 3 aliphatic rings. The van der Waals surface area contributed by atoms with E-state index in [-0.39, 0.29) is 42.8 Å². The number of alkyl carbamates (subject to hydrolysis) is 1. The zero-order chi connectivity index (χ0) is 36.5. The summed E-state index contributed by atoms with van der Waals surface area (Å²) in [6, 6.07) is 10.1. The van der Waals surface area contributed by atoms with E-state index in [1.165, 1.54) is 0 Å². The van der Waals surface area contributed by atoms with E-state index in [4.69, 9.17) is 14.2 Å². The normalized spacial score (nSPS) is 23.2. The van der Waals surface area contributed by atoms with Gasteiger partial charge in [0.2, 0.25) is 5.88 Å². The summed E-state index contributed by atoms with van der Waals surface area (Å²) < 4.78 is 86.9. The van der Waals surface area contributed by atoms with Gasteiger partial charge >= 0.3 is 18.3 Å². The van der Waals surface area contributed by atoms with Crippen LogP contribution in [0.4, 0.5) is 26.7 Å². The Balaban J connectivity index is 1.20. The van der Waals surface area contributed by atoms with E-state index in [0.717, 1.165) is 32.0 Å². The maximum absolute atomic E-state index is 16.6. The van der Waals surface area contributed by atoms with Crippen LogP contribution in [0.15, 0.2) is 42.6 Å². The summed E-state index contributed by atoms with van der Waals surface area (Å²) in [5.41, 5.74) is -0.667. The minimum atomic E-state index is -4.70. The third kappa shape index (κ3) is 7.54. The molecule has 7 rings (SSSR count). The van der Waals surface area contributed by atoms with Crippen LogP contribution in [0, 0.1) is 17.7 Å². The van der Waals surface area contributed by atoms with Gasteiger partial charge in [-0.25, -0.2) is 13.6 Å². The largest absolute Gasteiger partial charge is 0.467 e. The zero-order valence-electron chi connectivity index (χ0n) is 28.4. The lowest BCUT2D eigenvalue weighted by Crippen LogP contribution is -2.55. The number of halogens is 5. The van der Waals surface area contributed by atoms with Crippen molar-refractivity contribution in [2.45, 2.75) is 62.5 Å². The van der Waals surface area contributed by atoms with Gasteiger partial charge in [0.05, 0.1) is 16.5 Å². The molecule has 2 aromatic carbocycles. The van der Waals surface area contributed by atoms with Gasteiger partial charge in [-0.05, 0) is 57.1 Å². The first-order valence-corrected chi connectivity index (χ1v) is 17.2. The van der Waals surface area contributed by atoms with E-state index < -0.39 is 53.8 Å². The molecule has 0 radical (unpaired) electrons. The number of rotatable bonds is 8. The molecule has 2 N–H and O–H groups in total. The summed E-state index contributed by atoms with van der Waals surface area (Å²) in [5.74, 6) is 4.39. The van der Waals surface area contributed by atoms with Gasteiger partial charge in [-0.15, -0.1) is 0 Å². The number of nitrogens with zero attached hydrogens (tertiary/aromatic N) is 4. The first-order chi connectivity index (χ1) is 24.9. The molecule has 15 heteroatoms. The molecule has 0 aliphatic carbocycles. The van der Waals surface area contributed by atoms with Gasteiger partial charge in [-0.2, -0.15) is 23.1 Å². The van der Waals surface area contributed by atoms with Crippen LogP contribution in [-0.4, -0.2) is 95.4 Å². The Morgan fingerprint density at radius 1 is 1.13 bits per heavy atom. The summed E-state index contributed by atoms with van der Waals surface area (Å²) in [6.07, 6.45) is -1.65. The molecule has 274 valence electrons. The highest BCUT2D eigenvalue weighted by Gasteiger charge is 2.49. The summed E-state index contributed by atoms with van der Waals surface area (Å²) in [4.78, 5) is 27.1. The zero-order valence-corrected chi connectivity index (χ0v) is 28.4. The number of ether oxygens (including phenoxy) is 3. The third-order valence-electron chi connectivity index (χ3n) is 9.89. The number of alkyl halides is 4. The predicted octanol–water partition coefficient (Wildman–Crippen LogP) is 6.10. The molecular formula is C37H37F5N6O4. The maximum Gasteiger partial charge on any atom is 0.422 e. The molecule has 3 atom stereocenters. The molecule has 3 aliphatic heterocycles. The highest BCUT2D eigenvalue weighted by Crippen LogP contribution is 2.41. The SMILES string of the molecule is C[C@@]1(NC(=O)OCC#Cc2cccc3cccc(-c4ncc5c(OCC(F)(F)F)nc(OC[C@@]67CCCN6C[C@H](F)C7)nc5c4F)c23)CCCNC1. The topological polar surface area (TPSA) is 111 Å². The lowest BCUT2D eigenvalue weighted by atomic mass is 9.93. The van der Waals surface area contributed by atoms with E-state index in [2.05, 4.69) is 37.4 Å². The molecule has 3 saturated heterocycles. The van der Waals surface area contributed by atoms with E-state index >= 15 is 4.39 Å². The number of carbonyl (C=O) groups is 1. The average Bonchev–Trinajstić information content (AvgIpc) is 3.64. The number of fused-ring (bicyclic) bond motifs is 3. The molecule has 0 spiro atoms. The highest BCUT2D eigenvalue weighted by atomic mass is 19.4. The van der Waals surface area contributed by atoms with Crippen LogP contribution >= 0.6 is 0 Å². The van der Waals surface area contributed by atoms with Crippen LogP contribution in [0.2, 0.25) is 0 Å². The first kappa shape index (κ1) is 35.6. The number of piperidine rings is 1. The number of amides is 1. The molecular weight excluding hydrogens is 687 g/mol. The van der Waals surface area contributed by atoms with Crippen molar-refractivity contribution in [3.05, 3.63) is 54.0 Å². The molecule has 0 saturated carbocycles. The van der Waals surface area contributed by atoms with E-state index in [1.807, 2.05) is 24.0 Å². The third-order valence-corrected chi connectivity index (χ3v) is 9.89. The van der Waals surface area contributed by atoms with E-state index in [1.54, 1.807) is 24.3 Å². The Kier molecular flexibility index (Phi) is 9.79. The first-order valence-electron chi connectivity index (χ1n) is 17.2. The van der Waals surface area contributed by atoms with E-state index in [9.17, 15) is 22.4 Å². The Morgan fingerprint density at radius 2 is 1.96 bits per heavy atom. The molecule has 0 unspecified atom stereocenters. The molecule has 3 fully saturated rings. The number of benzene rings is 2. The van der Waals surface area contributed by atoms with Crippen LogP contribution in [0.3, 0.4) is 0 Å².